The second-order valence-corrected chi connectivity index (χ2v) is 4.80. The summed E-state index contributed by atoms with van der Waals surface area (Å²) in [5.74, 6) is 1.29. The predicted molar refractivity (Wildman–Crippen MR) is 74.0 cm³/mol. The van der Waals surface area contributed by atoms with E-state index in [-0.39, 0.29) is 0 Å². The van der Waals surface area contributed by atoms with Crippen LogP contribution in [0, 0.1) is 11.8 Å². The topological polar surface area (TPSA) is 12.5 Å². The molecule has 0 bridgehead atoms. The SMILES string of the molecule is CC.CCCN(C)CC(C)COCC(C)C. The third kappa shape index (κ3) is 13.9. The molecule has 100 valence electrons. The van der Waals surface area contributed by atoms with Crippen LogP contribution in [0.2, 0.25) is 0 Å². The zero-order chi connectivity index (χ0) is 13.0. The third-order valence-corrected chi connectivity index (χ3v) is 2.08. The average molecular weight is 231 g/mol. The van der Waals surface area contributed by atoms with Gasteiger partial charge in [-0.15, -0.1) is 0 Å². The summed E-state index contributed by atoms with van der Waals surface area (Å²) in [6, 6.07) is 0. The Labute approximate surface area is 103 Å². The van der Waals surface area contributed by atoms with Gasteiger partial charge in [-0.2, -0.15) is 0 Å². The molecule has 0 heterocycles. The Hall–Kier alpha value is -0.0800. The first-order valence-corrected chi connectivity index (χ1v) is 6.82. The Morgan fingerprint density at radius 2 is 1.62 bits per heavy atom. The molecule has 0 N–H and O–H groups in total. The maximum absolute atomic E-state index is 5.61. The molecule has 1 unspecified atom stereocenters. The van der Waals surface area contributed by atoms with Gasteiger partial charge in [0.15, 0.2) is 0 Å². The smallest absolute Gasteiger partial charge is 0.0503 e. The van der Waals surface area contributed by atoms with E-state index in [1.807, 2.05) is 13.8 Å². The van der Waals surface area contributed by atoms with Gasteiger partial charge in [0.05, 0.1) is 6.61 Å². The number of rotatable bonds is 8. The van der Waals surface area contributed by atoms with Gasteiger partial charge in [0.2, 0.25) is 0 Å². The van der Waals surface area contributed by atoms with Crippen molar-refractivity contribution in [2.24, 2.45) is 11.8 Å². The van der Waals surface area contributed by atoms with E-state index in [1.165, 1.54) is 13.0 Å². The summed E-state index contributed by atoms with van der Waals surface area (Å²) < 4.78 is 5.61. The molecule has 0 saturated carbocycles. The lowest BCUT2D eigenvalue weighted by molar-refractivity contribution is 0.0739. The Balaban J connectivity index is 0. The maximum Gasteiger partial charge on any atom is 0.0503 e. The number of hydrogen-bond donors (Lipinski definition) is 0. The minimum absolute atomic E-state index is 0.644. The molecule has 2 nitrogen and oxygen atoms in total. The lowest BCUT2D eigenvalue weighted by atomic mass is 10.2. The van der Waals surface area contributed by atoms with E-state index in [1.54, 1.807) is 0 Å². The molecule has 0 amide bonds. The van der Waals surface area contributed by atoms with Gasteiger partial charge in [-0.1, -0.05) is 41.5 Å². The van der Waals surface area contributed by atoms with Crippen molar-refractivity contribution < 1.29 is 4.74 Å². The van der Waals surface area contributed by atoms with E-state index >= 15 is 0 Å². The Bertz CT molecular complexity index is 126. The summed E-state index contributed by atoms with van der Waals surface area (Å²) >= 11 is 0. The first-order chi connectivity index (χ1) is 7.56. The van der Waals surface area contributed by atoms with Gasteiger partial charge in [0, 0.05) is 13.2 Å². The fourth-order valence-electron chi connectivity index (χ4n) is 1.56. The van der Waals surface area contributed by atoms with Gasteiger partial charge in [-0.25, -0.2) is 0 Å². The second kappa shape index (κ2) is 13.0. The fraction of sp³-hybridized carbons (Fsp3) is 1.00. The van der Waals surface area contributed by atoms with Crippen LogP contribution >= 0.6 is 0 Å². The molecule has 0 aliphatic rings. The molecule has 0 saturated heterocycles. The molecule has 0 aromatic carbocycles. The molecule has 2 heteroatoms. The van der Waals surface area contributed by atoms with Crippen molar-refractivity contribution in [1.82, 2.24) is 4.90 Å². The minimum atomic E-state index is 0.644. The standard InChI is InChI=1S/C12H27NO.C2H6/c1-6-7-13(5)8-12(4)10-14-9-11(2)3;1-2/h11-12H,6-10H2,1-5H3;1-2H3. The van der Waals surface area contributed by atoms with Crippen LogP contribution in [0.15, 0.2) is 0 Å². The summed E-state index contributed by atoms with van der Waals surface area (Å²) in [5, 5.41) is 0. The van der Waals surface area contributed by atoms with Crippen LogP contribution < -0.4 is 0 Å². The van der Waals surface area contributed by atoms with Crippen LogP contribution in [0.5, 0.6) is 0 Å². The molecular formula is C14H33NO. The van der Waals surface area contributed by atoms with E-state index in [0.29, 0.717) is 11.8 Å². The maximum atomic E-state index is 5.61. The molecule has 0 spiro atoms. The minimum Gasteiger partial charge on any atom is -0.381 e. The molecule has 0 fully saturated rings. The van der Waals surface area contributed by atoms with Crippen LogP contribution in [0.4, 0.5) is 0 Å². The van der Waals surface area contributed by atoms with Crippen LogP contribution in [-0.2, 0) is 4.74 Å². The molecule has 0 aliphatic heterocycles. The first kappa shape index (κ1) is 18.3. The predicted octanol–water partition coefficient (Wildman–Crippen LogP) is 3.66. The van der Waals surface area contributed by atoms with Crippen molar-refractivity contribution in [3.05, 3.63) is 0 Å². The molecule has 0 aliphatic carbocycles. The Morgan fingerprint density at radius 1 is 1.06 bits per heavy atom. The highest BCUT2D eigenvalue weighted by Crippen LogP contribution is 2.01. The highest BCUT2D eigenvalue weighted by atomic mass is 16.5. The van der Waals surface area contributed by atoms with Crippen molar-refractivity contribution in [3.63, 3.8) is 0 Å². The van der Waals surface area contributed by atoms with Crippen molar-refractivity contribution in [3.8, 4) is 0 Å². The summed E-state index contributed by atoms with van der Waals surface area (Å²) in [5.41, 5.74) is 0. The fourth-order valence-corrected chi connectivity index (χ4v) is 1.56. The van der Waals surface area contributed by atoms with E-state index in [2.05, 4.69) is 39.6 Å². The van der Waals surface area contributed by atoms with Crippen molar-refractivity contribution in [2.45, 2.75) is 48.0 Å². The lowest BCUT2D eigenvalue weighted by Crippen LogP contribution is -2.27. The monoisotopic (exact) mass is 231 g/mol. The van der Waals surface area contributed by atoms with Crippen LogP contribution in [-0.4, -0.2) is 38.3 Å². The Morgan fingerprint density at radius 3 is 2.06 bits per heavy atom. The van der Waals surface area contributed by atoms with Gasteiger partial charge in [-0.3, -0.25) is 0 Å². The summed E-state index contributed by atoms with van der Waals surface area (Å²) in [6.45, 7) is 17.0. The highest BCUT2D eigenvalue weighted by molar-refractivity contribution is 4.58. The molecule has 0 rings (SSSR count). The van der Waals surface area contributed by atoms with Crippen LogP contribution in [0.1, 0.15) is 48.0 Å². The summed E-state index contributed by atoms with van der Waals surface area (Å²) in [7, 11) is 2.18. The van der Waals surface area contributed by atoms with Crippen molar-refractivity contribution >= 4 is 0 Å². The van der Waals surface area contributed by atoms with E-state index in [9.17, 15) is 0 Å². The zero-order valence-corrected chi connectivity index (χ0v) is 12.5. The summed E-state index contributed by atoms with van der Waals surface area (Å²) in [6.07, 6.45) is 1.23. The van der Waals surface area contributed by atoms with Crippen molar-refractivity contribution in [2.75, 3.05) is 33.4 Å². The third-order valence-electron chi connectivity index (χ3n) is 2.08. The van der Waals surface area contributed by atoms with Crippen molar-refractivity contribution in [1.29, 1.82) is 0 Å². The van der Waals surface area contributed by atoms with E-state index in [0.717, 1.165) is 19.8 Å². The second-order valence-electron chi connectivity index (χ2n) is 4.80. The van der Waals surface area contributed by atoms with Crippen LogP contribution in [0.25, 0.3) is 0 Å². The van der Waals surface area contributed by atoms with Crippen LogP contribution in [0.3, 0.4) is 0 Å². The highest BCUT2D eigenvalue weighted by Gasteiger charge is 2.06. The molecule has 1 atom stereocenters. The average Bonchev–Trinajstić information content (AvgIpc) is 2.20. The Kier molecular flexibility index (Phi) is 14.8. The lowest BCUT2D eigenvalue weighted by Gasteiger charge is -2.20. The normalized spacial score (nSPS) is 12.6. The number of nitrogens with zero attached hydrogens (tertiary/aromatic N) is 1. The van der Waals surface area contributed by atoms with E-state index < -0.39 is 0 Å². The van der Waals surface area contributed by atoms with Gasteiger partial charge >= 0.3 is 0 Å². The summed E-state index contributed by atoms with van der Waals surface area (Å²) in [4.78, 5) is 2.38. The van der Waals surface area contributed by atoms with E-state index in [4.69, 9.17) is 4.74 Å². The quantitative estimate of drug-likeness (QED) is 0.632. The van der Waals surface area contributed by atoms with Gasteiger partial charge in [0.1, 0.15) is 0 Å². The molecule has 0 aromatic heterocycles. The molecule has 0 aromatic rings. The molecule has 0 radical (unpaired) electrons. The van der Waals surface area contributed by atoms with Gasteiger partial charge < -0.3 is 9.64 Å². The number of ether oxygens (including phenoxy) is 1. The van der Waals surface area contributed by atoms with Gasteiger partial charge in [-0.05, 0) is 31.8 Å². The molecule has 16 heavy (non-hydrogen) atoms. The largest absolute Gasteiger partial charge is 0.381 e. The zero-order valence-electron chi connectivity index (χ0n) is 12.5. The number of hydrogen-bond acceptors (Lipinski definition) is 2. The molecular weight excluding hydrogens is 198 g/mol. The van der Waals surface area contributed by atoms with Gasteiger partial charge in [0.25, 0.3) is 0 Å². The first-order valence-electron chi connectivity index (χ1n) is 6.82.